The van der Waals surface area contributed by atoms with E-state index >= 15 is 0 Å². The maximum absolute atomic E-state index is 12.3. The van der Waals surface area contributed by atoms with Gasteiger partial charge in [-0.25, -0.2) is 0 Å². The smallest absolute Gasteiger partial charge is 0.241 e. The number of amides is 1. The second-order valence-electron chi connectivity index (χ2n) is 5.26. The van der Waals surface area contributed by atoms with Crippen LogP contribution in [0.4, 0.5) is 5.69 Å². The molecule has 2 aromatic rings. The minimum Gasteiger partial charge on any atom is -0.325 e. The molecule has 0 saturated heterocycles. The van der Waals surface area contributed by atoms with E-state index in [1.807, 2.05) is 43.3 Å². The fraction of sp³-hybridized carbons (Fsp3) is 0.235. The highest BCUT2D eigenvalue weighted by atomic mass is 16.2. The van der Waals surface area contributed by atoms with E-state index in [1.54, 1.807) is 0 Å². The zero-order valence-electron chi connectivity index (χ0n) is 11.5. The van der Waals surface area contributed by atoms with Crippen LogP contribution < -0.4 is 10.6 Å². The van der Waals surface area contributed by atoms with Gasteiger partial charge in [0, 0.05) is 12.2 Å². The van der Waals surface area contributed by atoms with Crippen molar-refractivity contribution in [2.75, 3.05) is 5.32 Å². The molecule has 0 aromatic heterocycles. The third-order valence-corrected chi connectivity index (χ3v) is 3.72. The lowest BCUT2D eigenvalue weighted by Crippen LogP contribution is -2.44. The fourth-order valence-electron chi connectivity index (χ4n) is 2.51. The lowest BCUT2D eigenvalue weighted by molar-refractivity contribution is -0.118. The zero-order chi connectivity index (χ0) is 13.9. The first-order valence-corrected chi connectivity index (χ1v) is 6.90. The van der Waals surface area contributed by atoms with Gasteiger partial charge in [0.15, 0.2) is 0 Å². The molecule has 1 aliphatic rings. The van der Waals surface area contributed by atoms with Crippen molar-refractivity contribution in [3.05, 3.63) is 65.2 Å². The number of aryl methyl sites for hydroxylation is 1. The second kappa shape index (κ2) is 5.47. The van der Waals surface area contributed by atoms with Crippen LogP contribution in [0, 0.1) is 6.92 Å². The SMILES string of the molecule is Cc1ccc(NC(=O)[C@H]2Cc3ccccc3CN2)cc1. The first-order chi connectivity index (χ1) is 9.72. The number of hydrogen-bond acceptors (Lipinski definition) is 2. The van der Waals surface area contributed by atoms with Gasteiger partial charge in [0.2, 0.25) is 5.91 Å². The van der Waals surface area contributed by atoms with Crippen molar-refractivity contribution in [1.82, 2.24) is 5.32 Å². The van der Waals surface area contributed by atoms with Gasteiger partial charge in [-0.15, -0.1) is 0 Å². The summed E-state index contributed by atoms with van der Waals surface area (Å²) in [7, 11) is 0. The van der Waals surface area contributed by atoms with Gasteiger partial charge in [0.05, 0.1) is 6.04 Å². The van der Waals surface area contributed by atoms with E-state index in [2.05, 4.69) is 22.8 Å². The Labute approximate surface area is 119 Å². The topological polar surface area (TPSA) is 41.1 Å². The summed E-state index contributed by atoms with van der Waals surface area (Å²) in [6, 6.07) is 16.0. The van der Waals surface area contributed by atoms with Crippen LogP contribution in [0.3, 0.4) is 0 Å². The molecular weight excluding hydrogens is 248 g/mol. The van der Waals surface area contributed by atoms with E-state index in [9.17, 15) is 4.79 Å². The molecule has 1 atom stereocenters. The van der Waals surface area contributed by atoms with E-state index in [0.29, 0.717) is 0 Å². The summed E-state index contributed by atoms with van der Waals surface area (Å²) < 4.78 is 0. The minimum absolute atomic E-state index is 0.0309. The Morgan fingerprint density at radius 2 is 1.80 bits per heavy atom. The Balaban J connectivity index is 1.68. The predicted octanol–water partition coefficient (Wildman–Crippen LogP) is 2.65. The quantitative estimate of drug-likeness (QED) is 0.877. The molecule has 20 heavy (non-hydrogen) atoms. The molecule has 2 aromatic carbocycles. The second-order valence-corrected chi connectivity index (χ2v) is 5.26. The maximum Gasteiger partial charge on any atom is 0.241 e. The van der Waals surface area contributed by atoms with Crippen LogP contribution in [0.2, 0.25) is 0 Å². The van der Waals surface area contributed by atoms with Crippen LogP contribution >= 0.6 is 0 Å². The van der Waals surface area contributed by atoms with Gasteiger partial charge in [-0.3, -0.25) is 4.79 Å². The van der Waals surface area contributed by atoms with E-state index < -0.39 is 0 Å². The highest BCUT2D eigenvalue weighted by Crippen LogP contribution is 2.17. The van der Waals surface area contributed by atoms with Crippen molar-refractivity contribution >= 4 is 11.6 Å². The van der Waals surface area contributed by atoms with Gasteiger partial charge in [-0.2, -0.15) is 0 Å². The van der Waals surface area contributed by atoms with Crippen molar-refractivity contribution in [3.63, 3.8) is 0 Å². The van der Waals surface area contributed by atoms with Gasteiger partial charge >= 0.3 is 0 Å². The van der Waals surface area contributed by atoms with Crippen molar-refractivity contribution < 1.29 is 4.79 Å². The highest BCUT2D eigenvalue weighted by molar-refractivity contribution is 5.95. The average Bonchev–Trinajstić information content (AvgIpc) is 2.49. The number of nitrogens with one attached hydrogen (secondary N) is 2. The largest absolute Gasteiger partial charge is 0.325 e. The fourth-order valence-corrected chi connectivity index (χ4v) is 2.51. The molecule has 2 N–H and O–H groups in total. The van der Waals surface area contributed by atoms with E-state index in [1.165, 1.54) is 16.7 Å². The number of rotatable bonds is 2. The molecule has 0 aliphatic carbocycles. The molecule has 1 amide bonds. The van der Waals surface area contributed by atoms with Crippen LogP contribution in [0.15, 0.2) is 48.5 Å². The van der Waals surface area contributed by atoms with Gasteiger partial charge in [-0.05, 0) is 36.6 Å². The lowest BCUT2D eigenvalue weighted by atomic mass is 9.95. The number of benzene rings is 2. The van der Waals surface area contributed by atoms with E-state index in [-0.39, 0.29) is 11.9 Å². The van der Waals surface area contributed by atoms with E-state index in [0.717, 1.165) is 18.7 Å². The predicted molar refractivity (Wildman–Crippen MR) is 80.6 cm³/mol. The summed E-state index contributed by atoms with van der Waals surface area (Å²) in [5.74, 6) is 0.0309. The summed E-state index contributed by atoms with van der Waals surface area (Å²) in [6.45, 7) is 2.79. The van der Waals surface area contributed by atoms with Crippen LogP contribution in [-0.4, -0.2) is 11.9 Å². The van der Waals surface area contributed by atoms with E-state index in [4.69, 9.17) is 0 Å². The van der Waals surface area contributed by atoms with Crippen LogP contribution in [0.25, 0.3) is 0 Å². The van der Waals surface area contributed by atoms with Crippen molar-refractivity contribution in [3.8, 4) is 0 Å². The third kappa shape index (κ3) is 2.73. The Morgan fingerprint density at radius 1 is 1.10 bits per heavy atom. The molecule has 0 bridgehead atoms. The number of carbonyl (C=O) groups is 1. The normalized spacial score (nSPS) is 17.4. The first-order valence-electron chi connectivity index (χ1n) is 6.90. The number of anilines is 1. The van der Waals surface area contributed by atoms with Crippen LogP contribution in [0.1, 0.15) is 16.7 Å². The molecule has 0 saturated carbocycles. The Hall–Kier alpha value is -2.13. The molecule has 0 radical (unpaired) electrons. The van der Waals surface area contributed by atoms with Crippen LogP contribution in [0.5, 0.6) is 0 Å². The molecule has 3 nitrogen and oxygen atoms in total. The lowest BCUT2D eigenvalue weighted by Gasteiger charge is -2.25. The Bertz CT molecular complexity index is 619. The van der Waals surface area contributed by atoms with Crippen molar-refractivity contribution in [1.29, 1.82) is 0 Å². The van der Waals surface area contributed by atoms with Crippen LogP contribution in [-0.2, 0) is 17.8 Å². The monoisotopic (exact) mass is 266 g/mol. The van der Waals surface area contributed by atoms with Gasteiger partial charge in [0.25, 0.3) is 0 Å². The summed E-state index contributed by atoms with van der Waals surface area (Å²) in [5.41, 5.74) is 4.58. The van der Waals surface area contributed by atoms with Gasteiger partial charge in [0.1, 0.15) is 0 Å². The van der Waals surface area contributed by atoms with Crippen molar-refractivity contribution in [2.24, 2.45) is 0 Å². The summed E-state index contributed by atoms with van der Waals surface area (Å²) >= 11 is 0. The van der Waals surface area contributed by atoms with Gasteiger partial charge in [-0.1, -0.05) is 42.0 Å². The highest BCUT2D eigenvalue weighted by Gasteiger charge is 2.23. The summed E-state index contributed by atoms with van der Waals surface area (Å²) in [5, 5.41) is 6.26. The molecule has 0 spiro atoms. The molecular formula is C17H18N2O. The molecule has 0 fully saturated rings. The number of fused-ring (bicyclic) bond motifs is 1. The minimum atomic E-state index is -0.161. The van der Waals surface area contributed by atoms with Gasteiger partial charge < -0.3 is 10.6 Å². The zero-order valence-corrected chi connectivity index (χ0v) is 11.5. The molecule has 1 aliphatic heterocycles. The Kier molecular flexibility index (Phi) is 3.52. The molecule has 3 heteroatoms. The molecule has 102 valence electrons. The third-order valence-electron chi connectivity index (χ3n) is 3.72. The standard InChI is InChI=1S/C17H18N2O/c1-12-6-8-15(9-7-12)19-17(20)16-10-13-4-2-3-5-14(13)11-18-16/h2-9,16,18H,10-11H2,1H3,(H,19,20)/t16-/m1/s1. The summed E-state index contributed by atoms with van der Waals surface area (Å²) in [4.78, 5) is 12.3. The molecule has 3 rings (SSSR count). The number of hydrogen-bond donors (Lipinski definition) is 2. The summed E-state index contributed by atoms with van der Waals surface area (Å²) in [6.07, 6.45) is 0.744. The first kappa shape index (κ1) is 12.9. The number of carbonyl (C=O) groups excluding carboxylic acids is 1. The molecule has 1 heterocycles. The average molecular weight is 266 g/mol. The Morgan fingerprint density at radius 3 is 2.55 bits per heavy atom. The van der Waals surface area contributed by atoms with Crippen molar-refractivity contribution in [2.45, 2.75) is 25.9 Å². The molecule has 0 unspecified atom stereocenters. The maximum atomic E-state index is 12.3.